The molecule has 11 nitrogen and oxygen atoms in total. The number of likely N-dealkylation sites (tertiary alicyclic amines) is 1. The summed E-state index contributed by atoms with van der Waals surface area (Å²) in [4.78, 5) is 40.6. The number of carbonyl (C=O) groups excluding carboxylic acids is 2. The second-order valence-corrected chi connectivity index (χ2v) is 10.3. The van der Waals surface area contributed by atoms with E-state index in [9.17, 15) is 14.9 Å². The van der Waals surface area contributed by atoms with E-state index in [1.54, 1.807) is 16.0 Å². The fourth-order valence-corrected chi connectivity index (χ4v) is 5.83. The molecular formula is C27H28N8O3. The van der Waals surface area contributed by atoms with Gasteiger partial charge in [-0.1, -0.05) is 12.6 Å². The molecule has 6 rings (SSSR count). The SMILES string of the molecule is C=CC(=O)N1CC2(CCN(c3nc(C(=O)N4CCOCC4)nc(-c4c(C)ccc5[nH]ncc45)c3C#N)C2)C1. The molecule has 194 valence electrons. The molecule has 1 spiro atoms. The Bertz CT molecular complexity index is 1490. The van der Waals surface area contributed by atoms with Crippen LogP contribution in [0.1, 0.15) is 28.2 Å². The van der Waals surface area contributed by atoms with Crippen molar-refractivity contribution >= 4 is 28.5 Å². The molecule has 3 saturated heterocycles. The Morgan fingerprint density at radius 2 is 1.95 bits per heavy atom. The number of hydrogen-bond donors (Lipinski definition) is 1. The van der Waals surface area contributed by atoms with Gasteiger partial charge in [0, 0.05) is 55.6 Å². The number of carbonyl (C=O) groups is 2. The van der Waals surface area contributed by atoms with Gasteiger partial charge in [0.1, 0.15) is 11.6 Å². The van der Waals surface area contributed by atoms with Crippen molar-refractivity contribution in [3.63, 3.8) is 0 Å². The highest BCUT2D eigenvalue weighted by atomic mass is 16.5. The maximum atomic E-state index is 13.6. The van der Waals surface area contributed by atoms with Crippen LogP contribution in [-0.2, 0) is 9.53 Å². The van der Waals surface area contributed by atoms with Gasteiger partial charge in [0.15, 0.2) is 5.82 Å². The van der Waals surface area contributed by atoms with Crippen molar-refractivity contribution in [3.8, 4) is 17.3 Å². The predicted octanol–water partition coefficient (Wildman–Crippen LogP) is 1.90. The Morgan fingerprint density at radius 3 is 2.68 bits per heavy atom. The van der Waals surface area contributed by atoms with E-state index < -0.39 is 0 Å². The summed E-state index contributed by atoms with van der Waals surface area (Å²) in [7, 11) is 0. The van der Waals surface area contributed by atoms with E-state index in [2.05, 4.69) is 27.7 Å². The van der Waals surface area contributed by atoms with Crippen molar-refractivity contribution in [2.24, 2.45) is 5.41 Å². The van der Waals surface area contributed by atoms with Crippen molar-refractivity contribution in [1.82, 2.24) is 30.0 Å². The molecule has 3 aliphatic heterocycles. The number of anilines is 1. The standard InChI is InChI=1S/C27H28N8O3/c1-3-21(36)35-15-27(16-35)6-7-34(14-27)25-18(12-28)23(22-17(2)4-5-20-19(22)13-29-32-20)30-24(31-25)26(37)33-8-10-38-11-9-33/h3-5,13H,1,6-11,14-16H2,2H3,(H,29,32). The number of nitrogens with one attached hydrogen (secondary N) is 1. The first-order valence-electron chi connectivity index (χ1n) is 12.7. The first-order valence-corrected chi connectivity index (χ1v) is 12.7. The van der Waals surface area contributed by atoms with Crippen molar-refractivity contribution < 1.29 is 14.3 Å². The maximum absolute atomic E-state index is 13.6. The Balaban J connectivity index is 1.45. The van der Waals surface area contributed by atoms with Gasteiger partial charge in [-0.15, -0.1) is 0 Å². The molecule has 3 aliphatic rings. The van der Waals surface area contributed by atoms with Crippen LogP contribution in [0, 0.1) is 23.7 Å². The van der Waals surface area contributed by atoms with Gasteiger partial charge in [-0.25, -0.2) is 9.97 Å². The molecule has 38 heavy (non-hydrogen) atoms. The number of nitrogens with zero attached hydrogens (tertiary/aromatic N) is 7. The monoisotopic (exact) mass is 512 g/mol. The van der Waals surface area contributed by atoms with Gasteiger partial charge in [-0.2, -0.15) is 10.4 Å². The molecule has 5 heterocycles. The lowest BCUT2D eigenvalue weighted by Crippen LogP contribution is -2.59. The Morgan fingerprint density at radius 1 is 1.16 bits per heavy atom. The number of aromatic amines is 1. The lowest BCUT2D eigenvalue weighted by atomic mass is 9.79. The number of aromatic nitrogens is 4. The lowest BCUT2D eigenvalue weighted by Gasteiger charge is -2.47. The summed E-state index contributed by atoms with van der Waals surface area (Å²) in [6, 6.07) is 6.24. The lowest BCUT2D eigenvalue weighted by molar-refractivity contribution is -0.136. The molecule has 2 aromatic heterocycles. The van der Waals surface area contributed by atoms with Crippen molar-refractivity contribution in [2.75, 3.05) is 57.4 Å². The molecule has 11 heteroatoms. The first kappa shape index (κ1) is 24.1. The predicted molar refractivity (Wildman–Crippen MR) is 139 cm³/mol. The van der Waals surface area contributed by atoms with Crippen LogP contribution < -0.4 is 4.90 Å². The quantitative estimate of drug-likeness (QED) is 0.525. The van der Waals surface area contributed by atoms with Crippen LogP contribution in [0.3, 0.4) is 0 Å². The number of rotatable bonds is 4. The molecule has 3 aromatic rings. The largest absolute Gasteiger partial charge is 0.378 e. The fraction of sp³-hybridized carbons (Fsp3) is 0.407. The molecule has 1 aromatic carbocycles. The van der Waals surface area contributed by atoms with Gasteiger partial charge in [0.25, 0.3) is 5.91 Å². The second kappa shape index (κ2) is 9.22. The highest BCUT2D eigenvalue weighted by molar-refractivity contribution is 5.99. The molecular weight excluding hydrogens is 484 g/mol. The highest BCUT2D eigenvalue weighted by Crippen LogP contribution is 2.43. The summed E-state index contributed by atoms with van der Waals surface area (Å²) in [5.74, 6) is 0.170. The number of nitriles is 1. The molecule has 0 saturated carbocycles. The normalized spacial score (nSPS) is 18.5. The van der Waals surface area contributed by atoms with E-state index in [0.29, 0.717) is 69.6 Å². The number of benzene rings is 1. The smallest absolute Gasteiger partial charge is 0.291 e. The van der Waals surface area contributed by atoms with Crippen LogP contribution in [0.4, 0.5) is 5.82 Å². The van der Waals surface area contributed by atoms with Crippen LogP contribution >= 0.6 is 0 Å². The zero-order chi connectivity index (χ0) is 26.4. The average Bonchev–Trinajstić information content (AvgIpc) is 3.59. The first-order chi connectivity index (χ1) is 18.4. The van der Waals surface area contributed by atoms with E-state index in [1.165, 1.54) is 6.08 Å². The molecule has 2 amide bonds. The van der Waals surface area contributed by atoms with Crippen LogP contribution in [0.5, 0.6) is 0 Å². The molecule has 1 N–H and O–H groups in total. The van der Waals surface area contributed by atoms with Gasteiger partial charge in [-0.3, -0.25) is 14.7 Å². The van der Waals surface area contributed by atoms with Crippen LogP contribution in [0.25, 0.3) is 22.2 Å². The topological polar surface area (TPSA) is 131 Å². The van der Waals surface area contributed by atoms with Crippen LogP contribution in [0.15, 0.2) is 31.0 Å². The minimum Gasteiger partial charge on any atom is -0.378 e. The number of ether oxygens (including phenoxy) is 1. The maximum Gasteiger partial charge on any atom is 0.291 e. The number of morpholine rings is 1. The van der Waals surface area contributed by atoms with E-state index in [0.717, 1.165) is 28.5 Å². The zero-order valence-corrected chi connectivity index (χ0v) is 21.2. The van der Waals surface area contributed by atoms with Gasteiger partial charge >= 0.3 is 0 Å². The molecule has 0 bridgehead atoms. The minimum atomic E-state index is -0.280. The number of H-pyrrole nitrogens is 1. The summed E-state index contributed by atoms with van der Waals surface area (Å²) in [6.45, 7) is 9.98. The van der Waals surface area contributed by atoms with E-state index >= 15 is 0 Å². The third-order valence-corrected chi connectivity index (χ3v) is 7.84. The molecule has 3 fully saturated rings. The Hall–Kier alpha value is -4.30. The van der Waals surface area contributed by atoms with Crippen LogP contribution in [0.2, 0.25) is 0 Å². The Kier molecular flexibility index (Phi) is 5.84. The molecule has 0 radical (unpaired) electrons. The van der Waals surface area contributed by atoms with E-state index in [-0.39, 0.29) is 23.1 Å². The van der Waals surface area contributed by atoms with Crippen molar-refractivity contribution in [1.29, 1.82) is 5.26 Å². The van der Waals surface area contributed by atoms with E-state index in [1.807, 2.05) is 19.1 Å². The summed E-state index contributed by atoms with van der Waals surface area (Å²) in [6.07, 6.45) is 3.92. The number of fused-ring (bicyclic) bond motifs is 1. The van der Waals surface area contributed by atoms with Crippen molar-refractivity contribution in [2.45, 2.75) is 13.3 Å². The summed E-state index contributed by atoms with van der Waals surface area (Å²) in [5.41, 5.74) is 3.18. The second-order valence-electron chi connectivity index (χ2n) is 10.3. The van der Waals surface area contributed by atoms with Gasteiger partial charge in [0.2, 0.25) is 11.7 Å². The van der Waals surface area contributed by atoms with Gasteiger partial charge in [0.05, 0.1) is 30.6 Å². The summed E-state index contributed by atoms with van der Waals surface area (Å²) >= 11 is 0. The number of amides is 2. The summed E-state index contributed by atoms with van der Waals surface area (Å²) in [5, 5.41) is 18.4. The average molecular weight is 513 g/mol. The molecule has 0 aliphatic carbocycles. The molecule has 0 unspecified atom stereocenters. The highest BCUT2D eigenvalue weighted by Gasteiger charge is 2.49. The minimum absolute atomic E-state index is 0.0637. The number of aryl methyl sites for hydroxylation is 1. The van der Waals surface area contributed by atoms with Gasteiger partial charge < -0.3 is 19.4 Å². The molecule has 0 atom stereocenters. The summed E-state index contributed by atoms with van der Waals surface area (Å²) < 4.78 is 5.42. The van der Waals surface area contributed by atoms with E-state index in [4.69, 9.17) is 14.7 Å². The Labute approximate surface area is 219 Å². The van der Waals surface area contributed by atoms with Crippen molar-refractivity contribution in [3.05, 3.63) is 47.9 Å². The third-order valence-electron chi connectivity index (χ3n) is 7.84. The zero-order valence-electron chi connectivity index (χ0n) is 21.2. The fourth-order valence-electron chi connectivity index (χ4n) is 5.83. The van der Waals surface area contributed by atoms with Crippen LogP contribution in [-0.4, -0.2) is 94.3 Å². The van der Waals surface area contributed by atoms with Gasteiger partial charge in [-0.05, 0) is 31.1 Å². The number of hydrogen-bond acceptors (Lipinski definition) is 8. The third kappa shape index (κ3) is 3.88.